The van der Waals surface area contributed by atoms with Crippen LogP contribution < -0.4 is 10.6 Å². The van der Waals surface area contributed by atoms with E-state index in [1.54, 1.807) is 6.07 Å². The van der Waals surface area contributed by atoms with E-state index in [1.165, 1.54) is 5.56 Å². The second-order valence-corrected chi connectivity index (χ2v) is 4.81. The van der Waals surface area contributed by atoms with E-state index in [1.807, 2.05) is 11.9 Å². The number of anilines is 3. The molecular weight excluding hydrogens is 292 g/mol. The highest BCUT2D eigenvalue weighted by molar-refractivity contribution is 9.10. The molecule has 0 saturated carbocycles. The van der Waals surface area contributed by atoms with Crippen molar-refractivity contribution in [3.8, 4) is 0 Å². The number of nitrogens with two attached hydrogens (primary N) is 1. The largest absolute Gasteiger partial charge is 0.383 e. The zero-order valence-electron chi connectivity index (χ0n) is 10.4. The van der Waals surface area contributed by atoms with Crippen LogP contribution in [0.2, 0.25) is 0 Å². The molecule has 0 aliphatic carbocycles. The Morgan fingerprint density at radius 3 is 2.44 bits per heavy atom. The number of rotatable bonds is 3. The van der Waals surface area contributed by atoms with Crippen LogP contribution in [0.5, 0.6) is 0 Å². The Kier molecular flexibility index (Phi) is 3.81. The first-order chi connectivity index (χ1) is 8.60. The standard InChI is InChI=1S/C13H15BrN4/c1-3-9-4-6-10(7-5-9)18(2)13-16-11(14)8-12(15)17-13/h4-8H,3H2,1-2H3,(H2,15,16,17). The highest BCUT2D eigenvalue weighted by Gasteiger charge is 2.08. The molecule has 4 nitrogen and oxygen atoms in total. The maximum atomic E-state index is 5.71. The summed E-state index contributed by atoms with van der Waals surface area (Å²) in [7, 11) is 1.92. The van der Waals surface area contributed by atoms with E-state index < -0.39 is 0 Å². The van der Waals surface area contributed by atoms with E-state index in [9.17, 15) is 0 Å². The van der Waals surface area contributed by atoms with E-state index in [-0.39, 0.29) is 0 Å². The minimum Gasteiger partial charge on any atom is -0.383 e. The lowest BCUT2D eigenvalue weighted by Crippen LogP contribution is -2.14. The van der Waals surface area contributed by atoms with Crippen LogP contribution in [0.4, 0.5) is 17.5 Å². The lowest BCUT2D eigenvalue weighted by molar-refractivity contribution is 1.03. The Hall–Kier alpha value is -1.62. The summed E-state index contributed by atoms with van der Waals surface area (Å²) in [6.45, 7) is 2.14. The van der Waals surface area contributed by atoms with Gasteiger partial charge in [0.15, 0.2) is 0 Å². The van der Waals surface area contributed by atoms with Gasteiger partial charge in [-0.3, -0.25) is 0 Å². The molecular formula is C13H15BrN4. The SMILES string of the molecule is CCc1ccc(N(C)c2nc(N)cc(Br)n2)cc1. The molecule has 5 heteroatoms. The monoisotopic (exact) mass is 306 g/mol. The Labute approximate surface area is 115 Å². The summed E-state index contributed by atoms with van der Waals surface area (Å²) < 4.78 is 0.682. The van der Waals surface area contributed by atoms with Gasteiger partial charge in [-0.2, -0.15) is 4.98 Å². The first kappa shape index (κ1) is 12.8. The fraction of sp³-hybridized carbons (Fsp3) is 0.231. The zero-order valence-corrected chi connectivity index (χ0v) is 12.0. The number of benzene rings is 1. The average Bonchev–Trinajstić information content (AvgIpc) is 2.37. The Morgan fingerprint density at radius 2 is 1.89 bits per heavy atom. The molecule has 0 amide bonds. The molecule has 0 aliphatic rings. The van der Waals surface area contributed by atoms with Gasteiger partial charge >= 0.3 is 0 Å². The van der Waals surface area contributed by atoms with Crippen molar-refractivity contribution < 1.29 is 0 Å². The molecule has 1 heterocycles. The van der Waals surface area contributed by atoms with Crippen LogP contribution in [0, 0.1) is 0 Å². The van der Waals surface area contributed by atoms with Crippen LogP contribution in [0.25, 0.3) is 0 Å². The molecule has 2 rings (SSSR count). The molecule has 0 radical (unpaired) electrons. The van der Waals surface area contributed by atoms with Gasteiger partial charge in [0.05, 0.1) is 0 Å². The van der Waals surface area contributed by atoms with E-state index in [2.05, 4.69) is 57.1 Å². The topological polar surface area (TPSA) is 55.0 Å². The zero-order chi connectivity index (χ0) is 13.1. The third-order valence-corrected chi connectivity index (χ3v) is 3.14. The van der Waals surface area contributed by atoms with Crippen LogP contribution in [-0.4, -0.2) is 17.0 Å². The molecule has 0 saturated heterocycles. The lowest BCUT2D eigenvalue weighted by atomic mass is 10.1. The summed E-state index contributed by atoms with van der Waals surface area (Å²) in [5, 5.41) is 0. The van der Waals surface area contributed by atoms with Crippen LogP contribution in [0.3, 0.4) is 0 Å². The van der Waals surface area contributed by atoms with Crippen molar-refractivity contribution in [3.63, 3.8) is 0 Å². The first-order valence-electron chi connectivity index (χ1n) is 5.73. The molecule has 0 unspecified atom stereocenters. The quantitative estimate of drug-likeness (QED) is 0.885. The van der Waals surface area contributed by atoms with Gasteiger partial charge in [-0.25, -0.2) is 4.98 Å². The Bertz CT molecular complexity index is 519. The normalized spacial score (nSPS) is 10.4. The lowest BCUT2D eigenvalue weighted by Gasteiger charge is -2.17. The third-order valence-electron chi connectivity index (χ3n) is 2.73. The molecule has 0 bridgehead atoms. The van der Waals surface area contributed by atoms with E-state index in [0.29, 0.717) is 16.4 Å². The molecule has 2 N–H and O–H groups in total. The molecule has 1 aromatic heterocycles. The molecule has 18 heavy (non-hydrogen) atoms. The average molecular weight is 307 g/mol. The summed E-state index contributed by atoms with van der Waals surface area (Å²) >= 11 is 3.32. The maximum absolute atomic E-state index is 5.71. The van der Waals surface area contributed by atoms with Crippen molar-refractivity contribution in [3.05, 3.63) is 40.5 Å². The van der Waals surface area contributed by atoms with Gasteiger partial charge < -0.3 is 10.6 Å². The van der Waals surface area contributed by atoms with Crippen LogP contribution in [-0.2, 0) is 6.42 Å². The van der Waals surface area contributed by atoms with Crippen molar-refractivity contribution in [2.24, 2.45) is 0 Å². The van der Waals surface area contributed by atoms with Gasteiger partial charge in [0.2, 0.25) is 5.95 Å². The molecule has 0 spiro atoms. The van der Waals surface area contributed by atoms with Crippen molar-refractivity contribution in [2.75, 3.05) is 17.7 Å². The van der Waals surface area contributed by atoms with Crippen LogP contribution in [0.15, 0.2) is 34.9 Å². The smallest absolute Gasteiger partial charge is 0.232 e. The van der Waals surface area contributed by atoms with Crippen LogP contribution >= 0.6 is 15.9 Å². The van der Waals surface area contributed by atoms with E-state index in [0.717, 1.165) is 12.1 Å². The van der Waals surface area contributed by atoms with Gasteiger partial charge in [-0.05, 0) is 40.0 Å². The number of hydrogen-bond acceptors (Lipinski definition) is 4. The minimum absolute atomic E-state index is 0.448. The van der Waals surface area contributed by atoms with E-state index >= 15 is 0 Å². The van der Waals surface area contributed by atoms with Gasteiger partial charge in [-0.1, -0.05) is 19.1 Å². The van der Waals surface area contributed by atoms with Crippen molar-refractivity contribution in [1.82, 2.24) is 9.97 Å². The van der Waals surface area contributed by atoms with Gasteiger partial charge in [-0.15, -0.1) is 0 Å². The fourth-order valence-corrected chi connectivity index (χ4v) is 2.04. The number of halogens is 1. The highest BCUT2D eigenvalue weighted by atomic mass is 79.9. The number of nitrogen functional groups attached to an aromatic ring is 1. The van der Waals surface area contributed by atoms with Crippen molar-refractivity contribution in [1.29, 1.82) is 0 Å². The number of hydrogen-bond donors (Lipinski definition) is 1. The van der Waals surface area contributed by atoms with Gasteiger partial charge in [0.25, 0.3) is 0 Å². The summed E-state index contributed by atoms with van der Waals surface area (Å²) in [6, 6.07) is 10.00. The van der Waals surface area contributed by atoms with Crippen molar-refractivity contribution >= 4 is 33.4 Å². The third kappa shape index (κ3) is 2.79. The molecule has 2 aromatic rings. The second-order valence-electron chi connectivity index (χ2n) is 3.99. The number of aryl methyl sites for hydroxylation is 1. The molecule has 0 fully saturated rings. The van der Waals surface area contributed by atoms with Crippen LogP contribution in [0.1, 0.15) is 12.5 Å². The van der Waals surface area contributed by atoms with Gasteiger partial charge in [0, 0.05) is 18.8 Å². The first-order valence-corrected chi connectivity index (χ1v) is 6.52. The number of aromatic nitrogens is 2. The van der Waals surface area contributed by atoms with Crippen molar-refractivity contribution in [2.45, 2.75) is 13.3 Å². The minimum atomic E-state index is 0.448. The molecule has 94 valence electrons. The summed E-state index contributed by atoms with van der Waals surface area (Å²) in [4.78, 5) is 10.4. The molecule has 0 aliphatic heterocycles. The fourth-order valence-electron chi connectivity index (χ4n) is 1.64. The summed E-state index contributed by atoms with van der Waals surface area (Å²) in [5.41, 5.74) is 8.05. The molecule has 0 atom stereocenters. The Morgan fingerprint density at radius 1 is 1.22 bits per heavy atom. The predicted molar refractivity (Wildman–Crippen MR) is 78.0 cm³/mol. The van der Waals surface area contributed by atoms with E-state index in [4.69, 9.17) is 5.73 Å². The Balaban J connectivity index is 2.31. The summed E-state index contributed by atoms with van der Waals surface area (Å²) in [6.07, 6.45) is 1.03. The maximum Gasteiger partial charge on any atom is 0.232 e. The summed E-state index contributed by atoms with van der Waals surface area (Å²) in [5.74, 6) is 1.02. The second kappa shape index (κ2) is 5.35. The number of nitrogens with zero attached hydrogens (tertiary/aromatic N) is 3. The predicted octanol–water partition coefficient (Wildman–Crippen LogP) is 3.15. The van der Waals surface area contributed by atoms with Gasteiger partial charge in [0.1, 0.15) is 10.4 Å². The molecule has 1 aromatic carbocycles. The highest BCUT2D eigenvalue weighted by Crippen LogP contribution is 2.23.